The summed E-state index contributed by atoms with van der Waals surface area (Å²) in [6.45, 7) is 3.13. The molecule has 24 heavy (non-hydrogen) atoms. The summed E-state index contributed by atoms with van der Waals surface area (Å²) in [4.78, 5) is 12.2. The lowest BCUT2D eigenvalue weighted by atomic mass is 9.92. The first-order valence-electron chi connectivity index (χ1n) is 8.23. The van der Waals surface area contributed by atoms with Crippen molar-refractivity contribution < 1.29 is 19.0 Å². The second-order valence-electron chi connectivity index (χ2n) is 6.02. The van der Waals surface area contributed by atoms with Gasteiger partial charge in [0.1, 0.15) is 0 Å². The number of amides is 1. The van der Waals surface area contributed by atoms with E-state index in [2.05, 4.69) is 5.32 Å². The van der Waals surface area contributed by atoms with Crippen LogP contribution in [0.1, 0.15) is 24.8 Å². The Morgan fingerprint density at radius 3 is 2.62 bits per heavy atom. The number of nitrogens with one attached hydrogen (secondary N) is 1. The predicted octanol–water partition coefficient (Wildman–Crippen LogP) is 1.64. The Bertz CT molecular complexity index is 549. The molecule has 6 nitrogen and oxygen atoms in total. The Morgan fingerprint density at radius 2 is 1.88 bits per heavy atom. The number of hydrogen-bond donors (Lipinski definition) is 2. The van der Waals surface area contributed by atoms with Gasteiger partial charge in [0.15, 0.2) is 11.5 Å². The number of rotatable bonds is 4. The molecule has 2 aliphatic heterocycles. The molecule has 1 atom stereocenters. The molecule has 3 rings (SSSR count). The normalized spacial score (nSPS) is 18.9. The number of halogens is 1. The standard InChI is InChI=1S/C17H24N2O4.ClH/c18-16(13-4-8-21-9-5-13)17(20)19-11-12-2-3-14-15(10-12)23-7-1-6-22-14;/h2-3,10,13,16H,1,4-9,11,18H2,(H,19,20);1H. The molecule has 0 bridgehead atoms. The van der Waals surface area contributed by atoms with E-state index in [1.807, 2.05) is 18.2 Å². The zero-order valence-corrected chi connectivity index (χ0v) is 14.5. The topological polar surface area (TPSA) is 82.8 Å². The van der Waals surface area contributed by atoms with Gasteiger partial charge in [0.2, 0.25) is 5.91 Å². The minimum absolute atomic E-state index is 0. The lowest BCUT2D eigenvalue weighted by Gasteiger charge is -2.26. The molecule has 0 saturated carbocycles. The van der Waals surface area contributed by atoms with E-state index in [1.165, 1.54) is 0 Å². The summed E-state index contributed by atoms with van der Waals surface area (Å²) in [5, 5.41) is 2.92. The van der Waals surface area contributed by atoms with E-state index < -0.39 is 6.04 Å². The van der Waals surface area contributed by atoms with Crippen LogP contribution in [0.15, 0.2) is 18.2 Å². The minimum atomic E-state index is -0.473. The van der Waals surface area contributed by atoms with Crippen LogP contribution in [0.3, 0.4) is 0 Å². The molecule has 1 fully saturated rings. The Morgan fingerprint density at radius 1 is 1.17 bits per heavy atom. The molecule has 1 unspecified atom stereocenters. The first-order chi connectivity index (χ1) is 11.2. The molecule has 0 aromatic heterocycles. The third kappa shape index (κ3) is 4.75. The summed E-state index contributed by atoms with van der Waals surface area (Å²) >= 11 is 0. The van der Waals surface area contributed by atoms with E-state index in [0.29, 0.717) is 33.0 Å². The molecule has 134 valence electrons. The van der Waals surface area contributed by atoms with Crippen LogP contribution in [0, 0.1) is 5.92 Å². The second-order valence-corrected chi connectivity index (χ2v) is 6.02. The molecular formula is C17H25ClN2O4. The van der Waals surface area contributed by atoms with Crippen molar-refractivity contribution in [2.24, 2.45) is 11.7 Å². The second kappa shape index (κ2) is 9.11. The summed E-state index contributed by atoms with van der Waals surface area (Å²) in [7, 11) is 0. The summed E-state index contributed by atoms with van der Waals surface area (Å²) in [5.41, 5.74) is 7.05. The molecule has 2 heterocycles. The monoisotopic (exact) mass is 356 g/mol. The van der Waals surface area contributed by atoms with Crippen molar-refractivity contribution in [2.45, 2.75) is 31.8 Å². The predicted molar refractivity (Wildman–Crippen MR) is 92.7 cm³/mol. The maximum absolute atomic E-state index is 12.2. The fourth-order valence-electron chi connectivity index (χ4n) is 2.91. The van der Waals surface area contributed by atoms with Gasteiger partial charge in [-0.05, 0) is 36.5 Å². The van der Waals surface area contributed by atoms with Crippen molar-refractivity contribution in [3.8, 4) is 11.5 Å². The average molecular weight is 357 g/mol. The van der Waals surface area contributed by atoms with Gasteiger partial charge in [-0.15, -0.1) is 12.4 Å². The van der Waals surface area contributed by atoms with Gasteiger partial charge in [0.05, 0.1) is 19.3 Å². The fourth-order valence-corrected chi connectivity index (χ4v) is 2.91. The number of hydrogen-bond acceptors (Lipinski definition) is 5. The first kappa shape index (κ1) is 18.8. The number of ether oxygens (including phenoxy) is 3. The number of benzene rings is 1. The van der Waals surface area contributed by atoms with Gasteiger partial charge in [0.25, 0.3) is 0 Å². The zero-order chi connectivity index (χ0) is 16.1. The van der Waals surface area contributed by atoms with Crippen LogP contribution in [-0.2, 0) is 16.1 Å². The van der Waals surface area contributed by atoms with Crippen LogP contribution < -0.4 is 20.5 Å². The van der Waals surface area contributed by atoms with Gasteiger partial charge in [0, 0.05) is 26.2 Å². The molecule has 7 heteroatoms. The molecule has 1 saturated heterocycles. The Kier molecular flexibility index (Phi) is 7.15. The van der Waals surface area contributed by atoms with E-state index in [1.54, 1.807) is 0 Å². The van der Waals surface area contributed by atoms with Crippen LogP contribution in [0.25, 0.3) is 0 Å². The fraction of sp³-hybridized carbons (Fsp3) is 0.588. The molecule has 0 radical (unpaired) electrons. The van der Waals surface area contributed by atoms with Crippen LogP contribution in [0.4, 0.5) is 0 Å². The molecule has 1 amide bonds. The third-order valence-corrected chi connectivity index (χ3v) is 4.36. The summed E-state index contributed by atoms with van der Waals surface area (Å²) in [6, 6.07) is 5.27. The summed E-state index contributed by atoms with van der Waals surface area (Å²) < 4.78 is 16.6. The Labute approximate surface area is 148 Å². The van der Waals surface area contributed by atoms with Gasteiger partial charge >= 0.3 is 0 Å². The highest BCUT2D eigenvalue weighted by Crippen LogP contribution is 2.30. The summed E-state index contributed by atoms with van der Waals surface area (Å²) in [6.07, 6.45) is 2.57. The molecule has 2 aliphatic rings. The van der Waals surface area contributed by atoms with Gasteiger partial charge in [-0.25, -0.2) is 0 Å². The molecule has 0 aliphatic carbocycles. The quantitative estimate of drug-likeness (QED) is 0.857. The molecule has 0 spiro atoms. The highest BCUT2D eigenvalue weighted by atomic mass is 35.5. The van der Waals surface area contributed by atoms with Gasteiger partial charge < -0.3 is 25.3 Å². The van der Waals surface area contributed by atoms with Crippen LogP contribution >= 0.6 is 12.4 Å². The van der Waals surface area contributed by atoms with Crippen molar-refractivity contribution in [1.29, 1.82) is 0 Å². The van der Waals surface area contributed by atoms with E-state index in [9.17, 15) is 4.79 Å². The minimum Gasteiger partial charge on any atom is -0.490 e. The number of nitrogens with two attached hydrogens (primary N) is 1. The van der Waals surface area contributed by atoms with Crippen LogP contribution in [-0.4, -0.2) is 38.4 Å². The van der Waals surface area contributed by atoms with E-state index in [0.717, 1.165) is 36.3 Å². The van der Waals surface area contributed by atoms with Crippen molar-refractivity contribution >= 4 is 18.3 Å². The van der Waals surface area contributed by atoms with Crippen LogP contribution in [0.5, 0.6) is 11.5 Å². The Balaban J connectivity index is 0.00000208. The van der Waals surface area contributed by atoms with Crippen molar-refractivity contribution in [3.63, 3.8) is 0 Å². The lowest BCUT2D eigenvalue weighted by Crippen LogP contribution is -2.46. The van der Waals surface area contributed by atoms with Crippen molar-refractivity contribution in [1.82, 2.24) is 5.32 Å². The third-order valence-electron chi connectivity index (χ3n) is 4.36. The Hall–Kier alpha value is -1.50. The van der Waals surface area contributed by atoms with Crippen LogP contribution in [0.2, 0.25) is 0 Å². The van der Waals surface area contributed by atoms with Gasteiger partial charge in [-0.2, -0.15) is 0 Å². The maximum atomic E-state index is 12.2. The highest BCUT2D eigenvalue weighted by Gasteiger charge is 2.26. The van der Waals surface area contributed by atoms with E-state index in [-0.39, 0.29) is 24.2 Å². The smallest absolute Gasteiger partial charge is 0.237 e. The zero-order valence-electron chi connectivity index (χ0n) is 13.7. The van der Waals surface area contributed by atoms with E-state index in [4.69, 9.17) is 19.9 Å². The molecular weight excluding hydrogens is 332 g/mol. The maximum Gasteiger partial charge on any atom is 0.237 e. The molecule has 3 N–H and O–H groups in total. The first-order valence-corrected chi connectivity index (χ1v) is 8.23. The van der Waals surface area contributed by atoms with E-state index >= 15 is 0 Å². The van der Waals surface area contributed by atoms with Crippen molar-refractivity contribution in [3.05, 3.63) is 23.8 Å². The highest BCUT2D eigenvalue weighted by molar-refractivity contribution is 5.85. The van der Waals surface area contributed by atoms with Gasteiger partial charge in [-0.1, -0.05) is 6.07 Å². The number of carbonyl (C=O) groups is 1. The molecule has 1 aromatic rings. The number of carbonyl (C=O) groups excluding carboxylic acids is 1. The van der Waals surface area contributed by atoms with Crippen molar-refractivity contribution in [2.75, 3.05) is 26.4 Å². The average Bonchev–Trinajstić information content (AvgIpc) is 2.84. The molecule has 1 aromatic carbocycles. The number of fused-ring (bicyclic) bond motifs is 1. The lowest BCUT2D eigenvalue weighted by molar-refractivity contribution is -0.124. The van der Waals surface area contributed by atoms with Gasteiger partial charge in [-0.3, -0.25) is 4.79 Å². The SMILES string of the molecule is Cl.NC(C(=O)NCc1ccc2c(c1)OCCCO2)C1CCOCC1. The largest absolute Gasteiger partial charge is 0.490 e. The summed E-state index contributed by atoms with van der Waals surface area (Å²) in [5.74, 6) is 1.59.